The van der Waals surface area contributed by atoms with E-state index in [1.54, 1.807) is 23.5 Å². The molecular weight excluding hydrogens is 310 g/mol. The first-order valence-electron chi connectivity index (χ1n) is 5.83. The van der Waals surface area contributed by atoms with Gasteiger partial charge in [-0.05, 0) is 53.5 Å². The Hall–Kier alpha value is -0.840. The van der Waals surface area contributed by atoms with Gasteiger partial charge < -0.3 is 10.4 Å². The summed E-state index contributed by atoms with van der Waals surface area (Å²) in [6, 6.07) is 9.76. The SMILES string of the molecule is Cc1sc(CNC(C)c2cccc(O)c2)cc1Br. The zero-order valence-corrected chi connectivity index (χ0v) is 12.8. The van der Waals surface area contributed by atoms with Crippen molar-refractivity contribution in [2.45, 2.75) is 26.4 Å². The minimum absolute atomic E-state index is 0.221. The van der Waals surface area contributed by atoms with Crippen molar-refractivity contribution < 1.29 is 5.11 Å². The summed E-state index contributed by atoms with van der Waals surface area (Å²) in [6.45, 7) is 5.05. The van der Waals surface area contributed by atoms with Gasteiger partial charge in [0.2, 0.25) is 0 Å². The lowest BCUT2D eigenvalue weighted by atomic mass is 10.1. The standard InChI is InChI=1S/C14H16BrNOS/c1-9(11-4-3-5-12(17)6-11)16-8-13-7-14(15)10(2)18-13/h3-7,9,16-17H,8H2,1-2H3. The Balaban J connectivity index is 1.98. The molecule has 2 N–H and O–H groups in total. The molecule has 2 nitrogen and oxygen atoms in total. The molecule has 0 aliphatic carbocycles. The van der Waals surface area contributed by atoms with Crippen LogP contribution in [0.2, 0.25) is 0 Å². The Bertz CT molecular complexity index is 519. The lowest BCUT2D eigenvalue weighted by Gasteiger charge is -2.13. The van der Waals surface area contributed by atoms with Crippen molar-refractivity contribution in [1.82, 2.24) is 5.32 Å². The van der Waals surface area contributed by atoms with Gasteiger partial charge in [-0.2, -0.15) is 0 Å². The van der Waals surface area contributed by atoms with Gasteiger partial charge in [-0.15, -0.1) is 11.3 Å². The van der Waals surface area contributed by atoms with Crippen LogP contribution in [-0.2, 0) is 6.54 Å². The molecule has 0 aliphatic rings. The third-order valence-corrected chi connectivity index (χ3v) is 5.00. The van der Waals surface area contributed by atoms with Gasteiger partial charge in [0.15, 0.2) is 0 Å². The number of benzene rings is 1. The highest BCUT2D eigenvalue weighted by Gasteiger charge is 2.07. The molecule has 0 fully saturated rings. The zero-order valence-electron chi connectivity index (χ0n) is 10.4. The molecule has 0 radical (unpaired) electrons. The minimum Gasteiger partial charge on any atom is -0.508 e. The summed E-state index contributed by atoms with van der Waals surface area (Å²) in [6.07, 6.45) is 0. The summed E-state index contributed by atoms with van der Waals surface area (Å²) in [7, 11) is 0. The molecule has 2 aromatic rings. The maximum atomic E-state index is 9.46. The van der Waals surface area contributed by atoms with Crippen molar-refractivity contribution in [1.29, 1.82) is 0 Å². The van der Waals surface area contributed by atoms with Crippen molar-refractivity contribution in [2.75, 3.05) is 0 Å². The number of aromatic hydroxyl groups is 1. The Morgan fingerprint density at radius 3 is 2.78 bits per heavy atom. The molecular formula is C14H16BrNOS. The molecule has 0 bridgehead atoms. The van der Waals surface area contributed by atoms with Gasteiger partial charge >= 0.3 is 0 Å². The Morgan fingerprint density at radius 1 is 1.39 bits per heavy atom. The van der Waals surface area contributed by atoms with Crippen LogP contribution in [-0.4, -0.2) is 5.11 Å². The van der Waals surface area contributed by atoms with E-state index in [1.807, 2.05) is 12.1 Å². The smallest absolute Gasteiger partial charge is 0.115 e. The van der Waals surface area contributed by atoms with Gasteiger partial charge in [0.1, 0.15) is 5.75 Å². The highest BCUT2D eigenvalue weighted by molar-refractivity contribution is 9.10. The van der Waals surface area contributed by atoms with Crippen LogP contribution in [0.5, 0.6) is 5.75 Å². The number of nitrogens with one attached hydrogen (secondary N) is 1. The van der Waals surface area contributed by atoms with E-state index < -0.39 is 0 Å². The minimum atomic E-state index is 0.221. The molecule has 18 heavy (non-hydrogen) atoms. The maximum Gasteiger partial charge on any atom is 0.115 e. The van der Waals surface area contributed by atoms with E-state index in [9.17, 15) is 5.11 Å². The molecule has 1 aromatic carbocycles. The first-order chi connectivity index (χ1) is 8.56. The quantitative estimate of drug-likeness (QED) is 0.874. The Kier molecular flexibility index (Phi) is 4.43. The van der Waals surface area contributed by atoms with Gasteiger partial charge in [-0.25, -0.2) is 0 Å². The van der Waals surface area contributed by atoms with E-state index in [0.717, 1.165) is 12.1 Å². The summed E-state index contributed by atoms with van der Waals surface area (Å²) >= 11 is 5.32. The van der Waals surface area contributed by atoms with Crippen molar-refractivity contribution in [3.63, 3.8) is 0 Å². The summed E-state index contributed by atoms with van der Waals surface area (Å²) in [5.74, 6) is 0.316. The van der Waals surface area contributed by atoms with Crippen molar-refractivity contribution in [3.8, 4) is 5.75 Å². The predicted octanol–water partition coefficient (Wildman–Crippen LogP) is 4.38. The largest absolute Gasteiger partial charge is 0.508 e. The molecule has 1 aromatic heterocycles. The maximum absolute atomic E-state index is 9.46. The number of halogens is 1. The summed E-state index contributed by atoms with van der Waals surface area (Å²) < 4.78 is 1.18. The van der Waals surface area contributed by atoms with Crippen LogP contribution in [0.1, 0.15) is 28.3 Å². The summed E-state index contributed by atoms with van der Waals surface area (Å²) in [5, 5.41) is 12.9. The van der Waals surface area contributed by atoms with E-state index in [-0.39, 0.29) is 6.04 Å². The van der Waals surface area contributed by atoms with Crippen LogP contribution in [0.4, 0.5) is 0 Å². The average Bonchev–Trinajstić information content (AvgIpc) is 2.66. The second-order valence-corrected chi connectivity index (χ2v) is 6.51. The Morgan fingerprint density at radius 2 is 2.17 bits per heavy atom. The fourth-order valence-electron chi connectivity index (χ4n) is 1.77. The lowest BCUT2D eigenvalue weighted by molar-refractivity contribution is 0.472. The molecule has 0 spiro atoms. The van der Waals surface area contributed by atoms with Crippen LogP contribution in [0.3, 0.4) is 0 Å². The molecule has 96 valence electrons. The topological polar surface area (TPSA) is 32.3 Å². The van der Waals surface area contributed by atoms with Crippen molar-refractivity contribution >= 4 is 27.3 Å². The number of hydrogen-bond donors (Lipinski definition) is 2. The fourth-order valence-corrected chi connectivity index (χ4v) is 3.32. The molecule has 1 heterocycles. The molecule has 0 amide bonds. The number of phenolic OH excluding ortho intramolecular Hbond substituents is 1. The van der Waals surface area contributed by atoms with Gasteiger partial charge in [0, 0.05) is 26.8 Å². The molecule has 0 aliphatic heterocycles. The first kappa shape index (κ1) is 13.6. The normalized spacial score (nSPS) is 12.6. The first-order valence-corrected chi connectivity index (χ1v) is 7.44. The summed E-state index contributed by atoms with van der Waals surface area (Å²) in [4.78, 5) is 2.61. The average molecular weight is 326 g/mol. The van der Waals surface area contributed by atoms with Crippen molar-refractivity contribution in [2.24, 2.45) is 0 Å². The highest BCUT2D eigenvalue weighted by atomic mass is 79.9. The van der Waals surface area contributed by atoms with E-state index in [0.29, 0.717) is 5.75 Å². The molecule has 0 saturated carbocycles. The monoisotopic (exact) mass is 325 g/mol. The number of thiophene rings is 1. The lowest BCUT2D eigenvalue weighted by Crippen LogP contribution is -2.17. The van der Waals surface area contributed by atoms with Gasteiger partial charge in [0.05, 0.1) is 0 Å². The third kappa shape index (κ3) is 3.34. The number of phenols is 1. The van der Waals surface area contributed by atoms with Crippen LogP contribution in [0.25, 0.3) is 0 Å². The predicted molar refractivity (Wildman–Crippen MR) is 80.1 cm³/mol. The van der Waals surface area contributed by atoms with Crippen LogP contribution < -0.4 is 5.32 Å². The van der Waals surface area contributed by atoms with E-state index >= 15 is 0 Å². The second-order valence-electron chi connectivity index (χ2n) is 4.31. The molecule has 4 heteroatoms. The Labute approximate surface area is 120 Å². The highest BCUT2D eigenvalue weighted by Crippen LogP contribution is 2.27. The molecule has 1 unspecified atom stereocenters. The number of rotatable bonds is 4. The number of hydrogen-bond acceptors (Lipinski definition) is 3. The van der Waals surface area contributed by atoms with E-state index in [2.05, 4.69) is 41.2 Å². The van der Waals surface area contributed by atoms with Crippen LogP contribution in [0.15, 0.2) is 34.8 Å². The zero-order chi connectivity index (χ0) is 13.1. The molecule has 2 rings (SSSR count). The third-order valence-electron chi connectivity index (χ3n) is 2.86. The number of aryl methyl sites for hydroxylation is 1. The van der Waals surface area contributed by atoms with Crippen LogP contribution >= 0.6 is 27.3 Å². The van der Waals surface area contributed by atoms with E-state index in [1.165, 1.54) is 14.2 Å². The van der Waals surface area contributed by atoms with Gasteiger partial charge in [0.25, 0.3) is 0 Å². The van der Waals surface area contributed by atoms with Gasteiger partial charge in [-0.3, -0.25) is 0 Å². The molecule has 0 saturated heterocycles. The van der Waals surface area contributed by atoms with E-state index in [4.69, 9.17) is 0 Å². The van der Waals surface area contributed by atoms with Crippen LogP contribution in [0, 0.1) is 6.92 Å². The van der Waals surface area contributed by atoms with Crippen molar-refractivity contribution in [3.05, 3.63) is 50.1 Å². The second kappa shape index (κ2) is 5.87. The van der Waals surface area contributed by atoms with Gasteiger partial charge in [-0.1, -0.05) is 12.1 Å². The molecule has 1 atom stereocenters. The summed E-state index contributed by atoms with van der Waals surface area (Å²) in [5.41, 5.74) is 1.10. The fraction of sp³-hybridized carbons (Fsp3) is 0.286.